The second-order valence-electron chi connectivity index (χ2n) is 6.03. The van der Waals surface area contributed by atoms with Crippen molar-refractivity contribution in [2.24, 2.45) is 11.7 Å². The molecule has 5 N–H and O–H groups in total. The third-order valence-corrected chi connectivity index (χ3v) is 4.76. The van der Waals surface area contributed by atoms with Gasteiger partial charge in [-0.3, -0.25) is 4.79 Å². The van der Waals surface area contributed by atoms with Crippen LogP contribution in [0.2, 0.25) is 0 Å². The van der Waals surface area contributed by atoms with Gasteiger partial charge in [0.25, 0.3) is 5.91 Å². The minimum absolute atomic E-state index is 0.358. The monoisotopic (exact) mass is 313 g/mol. The van der Waals surface area contributed by atoms with Crippen LogP contribution in [-0.2, 0) is 0 Å². The van der Waals surface area contributed by atoms with Gasteiger partial charge in [-0.2, -0.15) is 0 Å². The van der Waals surface area contributed by atoms with Crippen molar-refractivity contribution in [3.05, 3.63) is 35.2 Å². The second kappa shape index (κ2) is 6.42. The molecule has 6 heteroatoms. The van der Waals surface area contributed by atoms with Crippen molar-refractivity contribution in [2.75, 3.05) is 30.3 Å². The van der Waals surface area contributed by atoms with Crippen molar-refractivity contribution in [1.29, 1.82) is 5.41 Å². The smallest absolute Gasteiger partial charge is 0.250 e. The average Bonchev–Trinajstić information content (AvgIpc) is 2.99. The fourth-order valence-corrected chi connectivity index (χ4v) is 3.39. The summed E-state index contributed by atoms with van der Waals surface area (Å²) in [6, 6.07) is 5.42. The van der Waals surface area contributed by atoms with Crippen LogP contribution in [0, 0.1) is 11.3 Å². The number of nitrogens with one attached hydrogen (secondary N) is 3. The molecule has 122 valence electrons. The molecule has 0 spiro atoms. The van der Waals surface area contributed by atoms with E-state index >= 15 is 0 Å². The third-order valence-electron chi connectivity index (χ3n) is 4.76. The summed E-state index contributed by atoms with van der Waals surface area (Å²) < 4.78 is 0. The van der Waals surface area contributed by atoms with Gasteiger partial charge >= 0.3 is 0 Å². The van der Waals surface area contributed by atoms with E-state index in [0.717, 1.165) is 49.6 Å². The van der Waals surface area contributed by atoms with Crippen LogP contribution in [0.3, 0.4) is 0 Å². The van der Waals surface area contributed by atoms with E-state index < -0.39 is 5.91 Å². The van der Waals surface area contributed by atoms with Crippen LogP contribution in [0.15, 0.2) is 29.6 Å². The van der Waals surface area contributed by atoms with Gasteiger partial charge in [-0.15, -0.1) is 0 Å². The Hall–Kier alpha value is -2.34. The molecule has 1 saturated heterocycles. The number of likely N-dealkylation sites (tertiary alicyclic amines) is 1. The highest BCUT2D eigenvalue weighted by molar-refractivity contribution is 6.04. The molecule has 0 radical (unpaired) electrons. The number of nitrogens with zero attached hydrogens (tertiary/aromatic N) is 1. The van der Waals surface area contributed by atoms with E-state index in [1.165, 1.54) is 6.21 Å². The highest BCUT2D eigenvalue weighted by Crippen LogP contribution is 2.36. The zero-order valence-corrected chi connectivity index (χ0v) is 13.4. The van der Waals surface area contributed by atoms with Crippen molar-refractivity contribution in [1.82, 2.24) is 4.90 Å². The molecule has 0 unspecified atom stereocenters. The average molecular weight is 313 g/mol. The molecule has 1 fully saturated rings. The number of nitrogens with two attached hydrogens (primary N) is 1. The largest absolute Gasteiger partial charge is 0.366 e. The van der Waals surface area contributed by atoms with E-state index in [0.29, 0.717) is 17.2 Å². The van der Waals surface area contributed by atoms with Gasteiger partial charge in [0.15, 0.2) is 0 Å². The van der Waals surface area contributed by atoms with E-state index in [9.17, 15) is 4.79 Å². The number of piperidine rings is 1. The van der Waals surface area contributed by atoms with Gasteiger partial charge in [0.05, 0.1) is 16.9 Å². The Labute approximate surface area is 136 Å². The second-order valence-corrected chi connectivity index (χ2v) is 6.03. The number of anilines is 2. The molecule has 2 aliphatic heterocycles. The van der Waals surface area contributed by atoms with Crippen molar-refractivity contribution >= 4 is 23.5 Å². The molecular weight excluding hydrogens is 290 g/mol. The number of primary amides is 1. The molecule has 0 atom stereocenters. The Balaban J connectivity index is 1.86. The Bertz CT molecular complexity index is 659. The van der Waals surface area contributed by atoms with Crippen molar-refractivity contribution in [3.63, 3.8) is 0 Å². The standard InChI is InChI=1S/C17H23N5O/c1-2-22-8-6-11(7-9-22)13(10-18)17-20-14-5-3-4-12(16(19)23)15(14)21-17/h3-5,10-11,18,20-21H,2,6-9H2,1H3,(H2,19,23)/b17-13+,18-10?. The minimum atomic E-state index is -0.454. The summed E-state index contributed by atoms with van der Waals surface area (Å²) in [5, 5.41) is 14.4. The molecule has 0 saturated carbocycles. The summed E-state index contributed by atoms with van der Waals surface area (Å²) in [7, 11) is 0. The normalized spacial score (nSPS) is 20.4. The molecule has 1 aromatic carbocycles. The number of fused-ring (bicyclic) bond motifs is 1. The van der Waals surface area contributed by atoms with Crippen LogP contribution in [0.1, 0.15) is 30.1 Å². The molecule has 1 amide bonds. The van der Waals surface area contributed by atoms with Crippen molar-refractivity contribution in [3.8, 4) is 0 Å². The molecule has 2 heterocycles. The molecular formula is C17H23N5O. The van der Waals surface area contributed by atoms with Gasteiger partial charge in [0, 0.05) is 11.8 Å². The first-order chi connectivity index (χ1) is 11.1. The first-order valence-electron chi connectivity index (χ1n) is 8.08. The SMILES string of the molecule is CCN1CCC(/C(C=N)=C2\Nc3cccc(C(N)=O)c3N2)CC1. The zero-order valence-electron chi connectivity index (χ0n) is 13.4. The Morgan fingerprint density at radius 2 is 2.13 bits per heavy atom. The number of carbonyl (C=O) groups is 1. The lowest BCUT2D eigenvalue weighted by molar-refractivity contribution is 0.100. The lowest BCUT2D eigenvalue weighted by Gasteiger charge is -2.31. The first-order valence-corrected chi connectivity index (χ1v) is 8.08. The van der Waals surface area contributed by atoms with Crippen LogP contribution in [0.5, 0.6) is 0 Å². The predicted octanol–water partition coefficient (Wildman–Crippen LogP) is 2.22. The lowest BCUT2D eigenvalue weighted by Crippen LogP contribution is -2.34. The fraction of sp³-hybridized carbons (Fsp3) is 0.412. The third kappa shape index (κ3) is 2.94. The maximum Gasteiger partial charge on any atom is 0.250 e. The van der Waals surface area contributed by atoms with Gasteiger partial charge in [-0.25, -0.2) is 0 Å². The summed E-state index contributed by atoms with van der Waals surface area (Å²) in [5.74, 6) is 0.709. The van der Waals surface area contributed by atoms with Crippen molar-refractivity contribution in [2.45, 2.75) is 19.8 Å². The molecule has 3 rings (SSSR count). The fourth-order valence-electron chi connectivity index (χ4n) is 3.39. The molecule has 23 heavy (non-hydrogen) atoms. The number of amides is 1. The Morgan fingerprint density at radius 3 is 2.74 bits per heavy atom. The maximum atomic E-state index is 11.6. The molecule has 0 bridgehead atoms. The van der Waals surface area contributed by atoms with Gasteiger partial charge < -0.3 is 26.7 Å². The first kappa shape index (κ1) is 15.6. The highest BCUT2D eigenvalue weighted by atomic mass is 16.1. The van der Waals surface area contributed by atoms with E-state index in [4.69, 9.17) is 11.1 Å². The quantitative estimate of drug-likeness (QED) is 0.641. The number of allylic oxidation sites excluding steroid dienone is 1. The Kier molecular flexibility index (Phi) is 4.34. The van der Waals surface area contributed by atoms with Gasteiger partial charge in [0.2, 0.25) is 0 Å². The van der Waals surface area contributed by atoms with Crippen LogP contribution >= 0.6 is 0 Å². The molecule has 2 aliphatic rings. The van der Waals surface area contributed by atoms with Crippen LogP contribution in [0.4, 0.5) is 11.4 Å². The summed E-state index contributed by atoms with van der Waals surface area (Å²) in [6.07, 6.45) is 3.52. The van der Waals surface area contributed by atoms with Gasteiger partial charge in [-0.05, 0) is 50.5 Å². The lowest BCUT2D eigenvalue weighted by atomic mass is 9.89. The zero-order chi connectivity index (χ0) is 16.4. The number of benzene rings is 1. The summed E-state index contributed by atoms with van der Waals surface area (Å²) in [6.45, 7) is 5.38. The van der Waals surface area contributed by atoms with E-state index in [2.05, 4.69) is 22.5 Å². The van der Waals surface area contributed by atoms with Gasteiger partial charge in [-0.1, -0.05) is 13.0 Å². The minimum Gasteiger partial charge on any atom is -0.366 e. The van der Waals surface area contributed by atoms with E-state index in [-0.39, 0.29) is 0 Å². The van der Waals surface area contributed by atoms with Crippen LogP contribution < -0.4 is 16.4 Å². The summed E-state index contributed by atoms with van der Waals surface area (Å²) in [5.41, 5.74) is 8.42. The van der Waals surface area contributed by atoms with E-state index in [1.807, 2.05) is 6.07 Å². The predicted molar refractivity (Wildman–Crippen MR) is 92.9 cm³/mol. The topological polar surface area (TPSA) is 94.2 Å². The van der Waals surface area contributed by atoms with Crippen molar-refractivity contribution < 1.29 is 4.79 Å². The highest BCUT2D eigenvalue weighted by Gasteiger charge is 2.27. The molecule has 0 aliphatic carbocycles. The van der Waals surface area contributed by atoms with Gasteiger partial charge in [0.1, 0.15) is 5.82 Å². The Morgan fingerprint density at radius 1 is 1.39 bits per heavy atom. The summed E-state index contributed by atoms with van der Waals surface area (Å²) in [4.78, 5) is 14.0. The van der Waals surface area contributed by atoms with E-state index in [1.54, 1.807) is 12.1 Å². The summed E-state index contributed by atoms with van der Waals surface area (Å²) >= 11 is 0. The molecule has 1 aromatic rings. The number of hydrogen-bond acceptors (Lipinski definition) is 5. The number of para-hydroxylation sites is 1. The maximum absolute atomic E-state index is 11.6. The number of carbonyl (C=O) groups excluding carboxylic acids is 1. The van der Waals surface area contributed by atoms with Crippen LogP contribution in [-0.4, -0.2) is 36.7 Å². The molecule has 6 nitrogen and oxygen atoms in total. The molecule has 0 aromatic heterocycles. The number of hydrogen-bond donors (Lipinski definition) is 4. The van der Waals surface area contributed by atoms with Crippen LogP contribution in [0.25, 0.3) is 0 Å². The number of rotatable bonds is 4.